The van der Waals surface area contributed by atoms with Crippen LogP contribution in [-0.2, 0) is 67.4 Å². The van der Waals surface area contributed by atoms with Gasteiger partial charge in [0.15, 0.2) is 12.0 Å². The Labute approximate surface area is 653 Å². The molecule has 600 valence electrons. The molecule has 14 rings (SSSR count). The summed E-state index contributed by atoms with van der Waals surface area (Å²) >= 11 is 0. The largest absolute Gasteiger partial charge is 0.464 e. The molecule has 23 nitrogen and oxygen atoms in total. The lowest BCUT2D eigenvalue weighted by molar-refractivity contribution is -0.134. The van der Waals surface area contributed by atoms with E-state index >= 15 is 0 Å². The maximum Gasteiger partial charge on any atom is 0.244 e. The second kappa shape index (κ2) is 43.1. The van der Waals surface area contributed by atoms with Crippen LogP contribution < -0.4 is 0 Å². The van der Waals surface area contributed by atoms with E-state index < -0.39 is 0 Å². The number of rotatable bonds is 18. The van der Waals surface area contributed by atoms with Crippen molar-refractivity contribution in [2.24, 2.45) is 71.0 Å². The molecule has 0 saturated carbocycles. The molecule has 0 aliphatic carbocycles. The molecule has 0 atom stereocenters. The SMILES string of the molecule is CC(C)C1CCN(C(=O)Cc2ccn[nH]2)CC1.CC(C)C1CCN(C(=O)Cc2cn[nH]c2)CC1.CC(C)C1CCN(C(=O)Cc2coc3ccccc23)CC1.CC(C)C1CCN(C(=O)Cc2cocn2)CC1.CC(C)C1CCN(C(=O)Cc2noc3ccccc23)CC1.CC(C)C1CCN(C(=O)Cn2cccn2)CC1. The maximum atomic E-state index is 12.5. The average Bonchev–Trinajstić information content (AvgIpc) is 1.74. The molecule has 2 aromatic carbocycles. The minimum absolute atomic E-state index is 0.163. The number of aromatic nitrogens is 8. The third-order valence-electron chi connectivity index (χ3n) is 24.2. The molecule has 8 aromatic rings. The van der Waals surface area contributed by atoms with Gasteiger partial charge in [-0.3, -0.25) is 43.6 Å². The van der Waals surface area contributed by atoms with Crippen molar-refractivity contribution in [2.45, 2.75) is 199 Å². The number of oxazole rings is 1. The topological polar surface area (TPSA) is 262 Å². The summed E-state index contributed by atoms with van der Waals surface area (Å²) in [6.07, 6.45) is 29.1. The normalized spacial score (nSPS) is 17.4. The van der Waals surface area contributed by atoms with Crippen molar-refractivity contribution in [3.63, 3.8) is 0 Å². The van der Waals surface area contributed by atoms with Crippen molar-refractivity contribution in [1.29, 1.82) is 0 Å². The molecule has 2 N–H and O–H groups in total. The number of amides is 6. The Bertz CT molecular complexity index is 3560. The van der Waals surface area contributed by atoms with E-state index in [1.54, 1.807) is 42.0 Å². The molecule has 12 heterocycles. The second-order valence-electron chi connectivity index (χ2n) is 33.4. The van der Waals surface area contributed by atoms with Crippen molar-refractivity contribution in [3.05, 3.63) is 139 Å². The Hall–Kier alpha value is -8.89. The van der Waals surface area contributed by atoms with E-state index in [-0.39, 0.29) is 35.4 Å². The number of piperidine rings is 6. The third kappa shape index (κ3) is 26.1. The van der Waals surface area contributed by atoms with E-state index in [9.17, 15) is 28.8 Å². The highest BCUT2D eigenvalue weighted by Gasteiger charge is 2.31. The van der Waals surface area contributed by atoms with Gasteiger partial charge in [-0.2, -0.15) is 15.3 Å². The average molecular weight is 1510 g/mol. The smallest absolute Gasteiger partial charge is 0.244 e. The fourth-order valence-corrected chi connectivity index (χ4v) is 16.2. The van der Waals surface area contributed by atoms with E-state index in [4.69, 9.17) is 13.4 Å². The van der Waals surface area contributed by atoms with E-state index in [0.29, 0.717) is 44.6 Å². The minimum Gasteiger partial charge on any atom is -0.464 e. The molecule has 6 amide bonds. The molecule has 0 bridgehead atoms. The second-order valence-corrected chi connectivity index (χ2v) is 33.4. The quantitative estimate of drug-likeness (QED) is 0.0809. The summed E-state index contributed by atoms with van der Waals surface area (Å²) < 4.78 is 17.3. The summed E-state index contributed by atoms with van der Waals surface area (Å²) in [7, 11) is 0. The number of aromatic amines is 2. The summed E-state index contributed by atoms with van der Waals surface area (Å²) in [6.45, 7) is 38.4. The van der Waals surface area contributed by atoms with Gasteiger partial charge < -0.3 is 42.8 Å². The molecule has 0 unspecified atom stereocenters. The number of hydrogen-bond acceptors (Lipinski definition) is 14. The fraction of sp³-hybridized carbons (Fsp3) is 0.621. The van der Waals surface area contributed by atoms with Crippen LogP contribution in [0, 0.1) is 71.0 Å². The lowest BCUT2D eigenvalue weighted by Crippen LogP contribution is -2.41. The Morgan fingerprint density at radius 1 is 0.436 bits per heavy atom. The van der Waals surface area contributed by atoms with Crippen LogP contribution in [0.3, 0.4) is 0 Å². The van der Waals surface area contributed by atoms with Crippen molar-refractivity contribution >= 4 is 57.4 Å². The number of para-hydroxylation sites is 2. The van der Waals surface area contributed by atoms with E-state index in [0.717, 1.165) is 271 Å². The highest BCUT2D eigenvalue weighted by atomic mass is 16.5. The number of fused-ring (bicyclic) bond motifs is 2. The predicted molar refractivity (Wildman–Crippen MR) is 430 cm³/mol. The van der Waals surface area contributed by atoms with Gasteiger partial charge in [0.05, 0.1) is 50.3 Å². The van der Waals surface area contributed by atoms with Gasteiger partial charge >= 0.3 is 0 Å². The van der Waals surface area contributed by atoms with Gasteiger partial charge in [-0.25, -0.2) is 4.98 Å². The fourth-order valence-electron chi connectivity index (χ4n) is 16.2. The zero-order valence-corrected chi connectivity index (χ0v) is 68.1. The number of H-pyrrole nitrogens is 2. The molecule has 6 aromatic heterocycles. The molecular formula is C87H128N14O9. The van der Waals surface area contributed by atoms with Crippen LogP contribution in [0.5, 0.6) is 0 Å². The van der Waals surface area contributed by atoms with Gasteiger partial charge in [0.25, 0.3) is 0 Å². The monoisotopic (exact) mass is 1510 g/mol. The first-order valence-corrected chi connectivity index (χ1v) is 41.2. The first kappa shape index (κ1) is 85.1. The third-order valence-corrected chi connectivity index (χ3v) is 24.2. The zero-order chi connectivity index (χ0) is 78.6. The Kier molecular flexibility index (Phi) is 33.3. The molecule has 23 heteroatoms. The van der Waals surface area contributed by atoms with Crippen LogP contribution >= 0.6 is 0 Å². The molecule has 6 saturated heterocycles. The molecule has 0 spiro atoms. The Morgan fingerprint density at radius 3 is 1.26 bits per heavy atom. The van der Waals surface area contributed by atoms with Gasteiger partial charge in [0, 0.05) is 125 Å². The number of hydrogen-bond donors (Lipinski definition) is 2. The maximum absolute atomic E-state index is 12.5. The summed E-state index contributed by atoms with van der Waals surface area (Å²) in [5.41, 5.74) is 5.96. The number of benzene rings is 2. The standard InChI is InChI=1S/C18H23NO2.C17H22N2O2.3C13H21N3O.C13H20N2O2/c1-13(2)14-7-9-19(10-8-14)18(20)11-15-12-21-17-6-4-3-5-16(15)17;1-12(2)13-7-9-19(10-8-13)17(20)11-15-14-5-3-4-6-16(14)21-18-15;1-10(2)11-4-7-16(8-5-11)13(17)9-12-3-6-14-15-12;1-11(2)12-4-8-15(9-5-12)13(17)10-16-7-3-6-14-16;1-10(2)12-3-5-16(6-4-12)13(17)7-11-8-14-15-9-11;1-10(2)11-3-5-15(6-4-11)13(16)7-12-8-17-9-14-12/h3-6,12-14H,7-11H2,1-2H3;3-6,12-13H,7-11H2,1-2H3;3,6,10-11H,4-5,7-9H2,1-2H3,(H,14,15);3,6-7,11-12H,4-5,8-10H2,1-2H3;8-10,12H,3-7H2,1-2H3,(H,14,15);8-11H,3-7H2,1-2H3. The molecule has 0 radical (unpaired) electrons. The molecule has 6 fully saturated rings. The summed E-state index contributed by atoms with van der Waals surface area (Å²) in [5, 5.41) is 23.4. The van der Waals surface area contributed by atoms with Gasteiger partial charge in [0.1, 0.15) is 24.1 Å². The number of nitrogens with zero attached hydrogens (tertiary/aromatic N) is 12. The minimum atomic E-state index is 0.163. The summed E-state index contributed by atoms with van der Waals surface area (Å²) in [4.78, 5) is 88.8. The number of carbonyl (C=O) groups excluding carboxylic acids is 6. The lowest BCUT2D eigenvalue weighted by atomic mass is 9.86. The first-order chi connectivity index (χ1) is 53.0. The van der Waals surface area contributed by atoms with Crippen LogP contribution in [0.2, 0.25) is 0 Å². The van der Waals surface area contributed by atoms with E-state index in [2.05, 4.69) is 119 Å². The van der Waals surface area contributed by atoms with Crippen molar-refractivity contribution < 1.29 is 42.1 Å². The molecular weight excluding hydrogens is 1390 g/mol. The molecule has 6 aliphatic rings. The predicted octanol–water partition coefficient (Wildman–Crippen LogP) is 14.7. The highest BCUT2D eigenvalue weighted by molar-refractivity contribution is 5.88. The summed E-state index contributed by atoms with van der Waals surface area (Å²) in [6, 6.07) is 19.3. The van der Waals surface area contributed by atoms with Crippen LogP contribution in [0.25, 0.3) is 21.9 Å². The Morgan fingerprint density at radius 2 is 0.855 bits per heavy atom. The number of nitrogens with one attached hydrogen (secondary N) is 2. The van der Waals surface area contributed by atoms with E-state index in [1.165, 1.54) is 6.39 Å². The van der Waals surface area contributed by atoms with Crippen LogP contribution in [0.15, 0.2) is 124 Å². The van der Waals surface area contributed by atoms with Crippen molar-refractivity contribution in [2.75, 3.05) is 78.5 Å². The summed E-state index contributed by atoms with van der Waals surface area (Å²) in [5.74, 6) is 10.2. The number of carbonyl (C=O) groups is 6. The van der Waals surface area contributed by atoms with Gasteiger partial charge in [-0.15, -0.1) is 0 Å². The van der Waals surface area contributed by atoms with E-state index in [1.807, 2.05) is 96.3 Å². The van der Waals surface area contributed by atoms with Crippen LogP contribution in [-0.4, -0.2) is 184 Å². The van der Waals surface area contributed by atoms with Crippen LogP contribution in [0.1, 0.15) is 188 Å². The number of likely N-dealkylation sites (tertiary alicyclic amines) is 6. The van der Waals surface area contributed by atoms with Gasteiger partial charge in [-0.1, -0.05) is 119 Å². The lowest BCUT2D eigenvalue weighted by Gasteiger charge is -2.33. The zero-order valence-electron chi connectivity index (χ0n) is 68.1. The Balaban J connectivity index is 0.000000152. The van der Waals surface area contributed by atoms with Gasteiger partial charge in [-0.05, 0) is 184 Å². The molecule has 110 heavy (non-hydrogen) atoms. The van der Waals surface area contributed by atoms with Crippen molar-refractivity contribution in [3.8, 4) is 0 Å². The highest BCUT2D eigenvalue weighted by Crippen LogP contribution is 2.32. The van der Waals surface area contributed by atoms with Gasteiger partial charge in [0.2, 0.25) is 35.4 Å². The van der Waals surface area contributed by atoms with Crippen LogP contribution in [0.4, 0.5) is 0 Å². The van der Waals surface area contributed by atoms with Crippen molar-refractivity contribution in [1.82, 2.24) is 69.7 Å². The number of furan rings is 1. The molecule has 6 aliphatic heterocycles. The first-order valence-electron chi connectivity index (χ1n) is 41.2.